The molecule has 8 saturated carbocycles. The van der Waals surface area contributed by atoms with Gasteiger partial charge in [-0.2, -0.15) is 0 Å². The molecule has 0 saturated heterocycles. The summed E-state index contributed by atoms with van der Waals surface area (Å²) in [6, 6.07) is 0. The summed E-state index contributed by atoms with van der Waals surface area (Å²) in [5, 5.41) is 0. The van der Waals surface area contributed by atoms with Crippen LogP contribution in [0, 0.1) is 75.9 Å². The van der Waals surface area contributed by atoms with Crippen molar-refractivity contribution in [3.63, 3.8) is 0 Å². The average Bonchev–Trinajstić information content (AvgIpc) is 2.70. The van der Waals surface area contributed by atoms with Crippen LogP contribution in [0.4, 0.5) is 0 Å². The topological polar surface area (TPSA) is 0 Å². The Labute approximate surface area is 122 Å². The molecule has 13 unspecified atom stereocenters. The highest BCUT2D eigenvalue weighted by Crippen LogP contribution is 2.90. The quantitative estimate of drug-likeness (QED) is 0.616. The highest BCUT2D eigenvalue weighted by molar-refractivity contribution is 5.32. The van der Waals surface area contributed by atoms with Gasteiger partial charge in [0.15, 0.2) is 0 Å². The van der Waals surface area contributed by atoms with Gasteiger partial charge in [-0.15, -0.1) is 0 Å². The molecule has 0 heteroatoms. The molecule has 8 aliphatic carbocycles. The van der Waals surface area contributed by atoms with Crippen LogP contribution < -0.4 is 0 Å². The Morgan fingerprint density at radius 3 is 2.50 bits per heavy atom. The molecule has 20 heavy (non-hydrogen) atoms. The van der Waals surface area contributed by atoms with Gasteiger partial charge in [0.05, 0.1) is 0 Å². The van der Waals surface area contributed by atoms with Gasteiger partial charge in [-0.3, -0.25) is 0 Å². The largest absolute Gasteiger partial charge is 0.0591 e. The predicted molar refractivity (Wildman–Crippen MR) is 76.6 cm³/mol. The van der Waals surface area contributed by atoms with Gasteiger partial charge in [0.25, 0.3) is 0 Å². The van der Waals surface area contributed by atoms with Crippen LogP contribution >= 0.6 is 0 Å². The lowest BCUT2D eigenvalue weighted by Gasteiger charge is -2.72. The number of hydrogen-bond acceptors (Lipinski definition) is 0. The summed E-state index contributed by atoms with van der Waals surface area (Å²) in [4.78, 5) is 0. The molecular formula is C20H26. The summed E-state index contributed by atoms with van der Waals surface area (Å²) in [5.41, 5.74) is 1.74. The summed E-state index contributed by atoms with van der Waals surface area (Å²) in [7, 11) is 0. The van der Waals surface area contributed by atoms with Crippen LogP contribution in [0.15, 0.2) is 0 Å². The van der Waals surface area contributed by atoms with Gasteiger partial charge < -0.3 is 0 Å². The smallest absolute Gasteiger partial charge is 0.0227 e. The van der Waals surface area contributed by atoms with E-state index in [1.807, 2.05) is 0 Å². The van der Waals surface area contributed by atoms with E-state index in [-0.39, 0.29) is 0 Å². The van der Waals surface area contributed by atoms with Gasteiger partial charge in [-0.25, -0.2) is 0 Å². The molecule has 106 valence electrons. The minimum atomic E-state index is 0.812. The number of rotatable bonds is 0. The SMILES string of the molecule is CC12CC3CC4C5CC1C1C6CC2C2C5CC42CC6C31. The highest BCUT2D eigenvalue weighted by atomic mass is 14.9. The Balaban J connectivity index is 1.56. The normalized spacial score (nSPS) is 86.0. The van der Waals surface area contributed by atoms with E-state index < -0.39 is 0 Å². The van der Waals surface area contributed by atoms with Crippen molar-refractivity contribution < 1.29 is 0 Å². The third-order valence-corrected chi connectivity index (χ3v) is 11.6. The van der Waals surface area contributed by atoms with Crippen molar-refractivity contribution in [2.75, 3.05) is 0 Å². The molecule has 0 heterocycles. The highest BCUT2D eigenvalue weighted by Gasteiger charge is 2.84. The minimum Gasteiger partial charge on any atom is -0.0591 e. The fourth-order valence-electron chi connectivity index (χ4n) is 11.7. The van der Waals surface area contributed by atoms with Crippen LogP contribution in [0.1, 0.15) is 45.4 Å². The summed E-state index contributed by atoms with van der Waals surface area (Å²) < 4.78 is 0. The zero-order valence-corrected chi connectivity index (χ0v) is 12.6. The molecule has 8 fully saturated rings. The summed E-state index contributed by atoms with van der Waals surface area (Å²) in [5.74, 6) is 13.4. The fourth-order valence-corrected chi connectivity index (χ4v) is 11.7. The summed E-state index contributed by atoms with van der Waals surface area (Å²) >= 11 is 0. The molecule has 8 rings (SSSR count). The molecule has 13 atom stereocenters. The maximum atomic E-state index is 2.80. The molecule has 0 aliphatic heterocycles. The van der Waals surface area contributed by atoms with Crippen LogP contribution in [0.5, 0.6) is 0 Å². The Kier molecular flexibility index (Phi) is 1.17. The van der Waals surface area contributed by atoms with Gasteiger partial charge in [0.1, 0.15) is 0 Å². The van der Waals surface area contributed by atoms with E-state index in [0.717, 1.165) is 10.8 Å². The van der Waals surface area contributed by atoms with Crippen LogP contribution in [0.3, 0.4) is 0 Å². The number of hydrogen-bond donors (Lipinski definition) is 0. The van der Waals surface area contributed by atoms with Gasteiger partial charge in [0, 0.05) is 0 Å². The third-order valence-electron chi connectivity index (χ3n) is 11.6. The van der Waals surface area contributed by atoms with E-state index in [1.165, 1.54) is 65.1 Å². The van der Waals surface area contributed by atoms with Crippen molar-refractivity contribution in [3.05, 3.63) is 0 Å². The molecule has 10 bridgehead atoms. The first-order valence-electron chi connectivity index (χ1n) is 9.72. The maximum absolute atomic E-state index is 2.80. The molecule has 0 N–H and O–H groups in total. The van der Waals surface area contributed by atoms with Crippen molar-refractivity contribution >= 4 is 0 Å². The van der Waals surface area contributed by atoms with E-state index >= 15 is 0 Å². The first-order chi connectivity index (χ1) is 9.72. The first kappa shape index (κ1) is 9.90. The molecule has 0 aromatic carbocycles. The van der Waals surface area contributed by atoms with Crippen molar-refractivity contribution in [2.45, 2.75) is 45.4 Å². The second-order valence-electron chi connectivity index (χ2n) is 11.0. The predicted octanol–water partition coefficient (Wildman–Crippen LogP) is 4.21. The lowest BCUT2D eigenvalue weighted by atomic mass is 9.33. The van der Waals surface area contributed by atoms with Gasteiger partial charge in [-0.1, -0.05) is 6.92 Å². The van der Waals surface area contributed by atoms with Crippen molar-refractivity contribution in [2.24, 2.45) is 75.9 Å². The van der Waals surface area contributed by atoms with E-state index in [0.29, 0.717) is 0 Å². The fraction of sp³-hybridized carbons (Fsp3) is 1.00. The Bertz CT molecular complexity index is 579. The van der Waals surface area contributed by atoms with Crippen LogP contribution in [-0.4, -0.2) is 0 Å². The zero-order valence-electron chi connectivity index (χ0n) is 12.6. The van der Waals surface area contributed by atoms with Crippen LogP contribution in [0.2, 0.25) is 0 Å². The van der Waals surface area contributed by atoms with E-state index in [9.17, 15) is 0 Å². The minimum absolute atomic E-state index is 0.812. The summed E-state index contributed by atoms with van der Waals surface area (Å²) in [6.45, 7) is 2.80. The van der Waals surface area contributed by atoms with Crippen LogP contribution in [0.25, 0.3) is 0 Å². The van der Waals surface area contributed by atoms with Crippen molar-refractivity contribution in [3.8, 4) is 0 Å². The van der Waals surface area contributed by atoms with E-state index in [1.54, 1.807) is 38.5 Å². The van der Waals surface area contributed by atoms with Crippen molar-refractivity contribution in [1.82, 2.24) is 0 Å². The third kappa shape index (κ3) is 0.628. The Hall–Kier alpha value is 0. The lowest BCUT2D eigenvalue weighted by molar-refractivity contribution is -0.239. The number of fused-ring (bicyclic) bond motifs is 1. The molecule has 0 aromatic rings. The van der Waals surface area contributed by atoms with Crippen LogP contribution in [-0.2, 0) is 0 Å². The second kappa shape index (κ2) is 2.37. The zero-order chi connectivity index (χ0) is 12.6. The molecular weight excluding hydrogens is 240 g/mol. The van der Waals surface area contributed by atoms with Gasteiger partial charge >= 0.3 is 0 Å². The van der Waals surface area contributed by atoms with E-state index in [4.69, 9.17) is 0 Å². The average molecular weight is 266 g/mol. The maximum Gasteiger partial charge on any atom is -0.0227 e. The molecule has 8 aliphatic rings. The Morgan fingerprint density at radius 2 is 1.55 bits per heavy atom. The van der Waals surface area contributed by atoms with Crippen molar-refractivity contribution in [1.29, 1.82) is 0 Å². The standard InChI is InChI=1S/C20H26/c1-19-5-8-2-13-9-3-14(19)17-10-4-15(19)18-12(9)7-20(13,18)6-11(10)16(8)17/h8-18H,2-7H2,1H3. The molecule has 0 radical (unpaired) electrons. The Morgan fingerprint density at radius 1 is 0.700 bits per heavy atom. The van der Waals surface area contributed by atoms with E-state index in [2.05, 4.69) is 6.92 Å². The molecule has 0 nitrogen and oxygen atoms in total. The van der Waals surface area contributed by atoms with Gasteiger partial charge in [-0.05, 0) is 114 Å². The second-order valence-corrected chi connectivity index (χ2v) is 11.0. The first-order valence-corrected chi connectivity index (χ1v) is 9.72. The molecule has 1 spiro atoms. The monoisotopic (exact) mass is 266 g/mol. The van der Waals surface area contributed by atoms with Gasteiger partial charge in [0.2, 0.25) is 0 Å². The molecule has 0 amide bonds. The summed E-state index contributed by atoms with van der Waals surface area (Å²) in [6.07, 6.45) is 10.2. The lowest BCUT2D eigenvalue weighted by Crippen LogP contribution is -2.66. The molecule has 0 aromatic heterocycles.